The van der Waals surface area contributed by atoms with Gasteiger partial charge >= 0.3 is 6.03 Å². The van der Waals surface area contributed by atoms with E-state index >= 15 is 0 Å². The van der Waals surface area contributed by atoms with E-state index in [9.17, 15) is 13.2 Å². The molecule has 7 heteroatoms. The van der Waals surface area contributed by atoms with E-state index in [0.717, 1.165) is 0 Å². The van der Waals surface area contributed by atoms with Crippen LogP contribution in [0.4, 0.5) is 4.79 Å². The first-order chi connectivity index (χ1) is 7.92. The first-order valence-electron chi connectivity index (χ1n) is 5.86. The fraction of sp³-hybridized carbons (Fsp3) is 0.900. The molecule has 0 aromatic rings. The van der Waals surface area contributed by atoms with Crippen molar-refractivity contribution in [2.24, 2.45) is 5.92 Å². The van der Waals surface area contributed by atoms with Gasteiger partial charge in [0.25, 0.3) is 0 Å². The van der Waals surface area contributed by atoms with Gasteiger partial charge in [0.2, 0.25) is 0 Å². The van der Waals surface area contributed by atoms with Crippen LogP contribution in [0.15, 0.2) is 0 Å². The first-order valence-corrected chi connectivity index (χ1v) is 7.57. The predicted molar refractivity (Wildman–Crippen MR) is 66.7 cm³/mol. The molecular formula is C10H21N3O3S. The Labute approximate surface area is 102 Å². The fourth-order valence-electron chi connectivity index (χ4n) is 1.54. The lowest BCUT2D eigenvalue weighted by atomic mass is 10.2. The van der Waals surface area contributed by atoms with E-state index in [1.807, 2.05) is 13.8 Å². The van der Waals surface area contributed by atoms with Crippen LogP contribution >= 0.6 is 0 Å². The molecule has 2 amide bonds. The molecule has 6 nitrogen and oxygen atoms in total. The molecule has 0 radical (unpaired) electrons. The Morgan fingerprint density at radius 1 is 1.41 bits per heavy atom. The SMILES string of the molecule is CC(C)CNC(=O)NCC1CNCCS1(=O)=O. The highest BCUT2D eigenvalue weighted by Crippen LogP contribution is 2.04. The summed E-state index contributed by atoms with van der Waals surface area (Å²) in [6.07, 6.45) is 0. The number of amides is 2. The van der Waals surface area contributed by atoms with E-state index in [-0.39, 0.29) is 18.3 Å². The van der Waals surface area contributed by atoms with Crippen molar-refractivity contribution in [1.29, 1.82) is 0 Å². The number of carbonyl (C=O) groups is 1. The molecule has 0 aliphatic carbocycles. The molecule has 1 heterocycles. The lowest BCUT2D eigenvalue weighted by molar-refractivity contribution is 0.239. The zero-order valence-electron chi connectivity index (χ0n) is 10.3. The highest BCUT2D eigenvalue weighted by molar-refractivity contribution is 7.92. The second-order valence-corrected chi connectivity index (χ2v) is 7.08. The second kappa shape index (κ2) is 6.20. The molecular weight excluding hydrogens is 242 g/mol. The summed E-state index contributed by atoms with van der Waals surface area (Å²) in [5.41, 5.74) is 0. The molecule has 0 saturated carbocycles. The summed E-state index contributed by atoms with van der Waals surface area (Å²) in [5.74, 6) is 0.522. The van der Waals surface area contributed by atoms with Crippen LogP contribution < -0.4 is 16.0 Å². The Kier molecular flexibility index (Phi) is 5.20. The van der Waals surface area contributed by atoms with Crippen LogP contribution in [0.1, 0.15) is 13.8 Å². The topological polar surface area (TPSA) is 87.3 Å². The summed E-state index contributed by atoms with van der Waals surface area (Å²) in [6, 6.07) is -0.306. The van der Waals surface area contributed by atoms with Crippen LogP contribution in [0, 0.1) is 5.92 Å². The van der Waals surface area contributed by atoms with Crippen molar-refractivity contribution in [2.45, 2.75) is 19.1 Å². The second-order valence-electron chi connectivity index (χ2n) is 4.68. The van der Waals surface area contributed by atoms with Gasteiger partial charge in [-0.15, -0.1) is 0 Å². The smallest absolute Gasteiger partial charge is 0.314 e. The minimum atomic E-state index is -3.06. The third-order valence-electron chi connectivity index (χ3n) is 2.60. The Hall–Kier alpha value is -0.820. The van der Waals surface area contributed by atoms with Crippen molar-refractivity contribution >= 4 is 15.9 Å². The monoisotopic (exact) mass is 263 g/mol. The van der Waals surface area contributed by atoms with Gasteiger partial charge in [0.05, 0.1) is 11.0 Å². The van der Waals surface area contributed by atoms with Crippen molar-refractivity contribution in [3.8, 4) is 0 Å². The standard InChI is InChI=1S/C10H21N3O3S/c1-8(2)5-12-10(14)13-7-9-6-11-3-4-17(9,15)16/h8-9,11H,3-7H2,1-2H3,(H2,12,13,14). The van der Waals surface area contributed by atoms with Gasteiger partial charge in [0, 0.05) is 26.2 Å². The van der Waals surface area contributed by atoms with Crippen LogP contribution in [0.5, 0.6) is 0 Å². The molecule has 1 atom stereocenters. The maximum Gasteiger partial charge on any atom is 0.314 e. The van der Waals surface area contributed by atoms with E-state index in [0.29, 0.717) is 25.6 Å². The summed E-state index contributed by atoms with van der Waals surface area (Å²) < 4.78 is 23.3. The summed E-state index contributed by atoms with van der Waals surface area (Å²) in [7, 11) is -3.06. The van der Waals surface area contributed by atoms with Crippen LogP contribution in [-0.2, 0) is 9.84 Å². The normalized spacial score (nSPS) is 23.4. The highest BCUT2D eigenvalue weighted by Gasteiger charge is 2.28. The Bertz CT molecular complexity index is 354. The molecule has 17 heavy (non-hydrogen) atoms. The molecule has 0 aromatic carbocycles. The van der Waals surface area contributed by atoms with Gasteiger partial charge in [-0.2, -0.15) is 0 Å². The lowest BCUT2D eigenvalue weighted by Gasteiger charge is -2.23. The zero-order valence-corrected chi connectivity index (χ0v) is 11.1. The third kappa shape index (κ3) is 4.91. The molecule has 1 aliphatic heterocycles. The molecule has 1 fully saturated rings. The maximum atomic E-state index is 11.6. The Morgan fingerprint density at radius 3 is 2.71 bits per heavy atom. The van der Waals surface area contributed by atoms with Crippen molar-refractivity contribution in [3.05, 3.63) is 0 Å². The van der Waals surface area contributed by atoms with E-state index in [4.69, 9.17) is 0 Å². The number of rotatable bonds is 4. The summed E-state index contributed by atoms with van der Waals surface area (Å²) in [5, 5.41) is 7.78. The molecule has 1 aliphatic rings. The summed E-state index contributed by atoms with van der Waals surface area (Å²) >= 11 is 0. The van der Waals surface area contributed by atoms with Crippen molar-refractivity contribution < 1.29 is 13.2 Å². The number of hydrogen-bond donors (Lipinski definition) is 3. The minimum absolute atomic E-state index is 0.146. The lowest BCUT2D eigenvalue weighted by Crippen LogP contribution is -2.51. The van der Waals surface area contributed by atoms with Gasteiger partial charge in [-0.1, -0.05) is 13.8 Å². The highest BCUT2D eigenvalue weighted by atomic mass is 32.2. The van der Waals surface area contributed by atoms with Crippen molar-refractivity contribution in [1.82, 2.24) is 16.0 Å². The number of urea groups is 1. The summed E-state index contributed by atoms with van der Waals surface area (Å²) in [6.45, 7) is 5.65. The zero-order chi connectivity index (χ0) is 12.9. The molecule has 1 rings (SSSR count). The van der Waals surface area contributed by atoms with Crippen LogP contribution in [0.2, 0.25) is 0 Å². The van der Waals surface area contributed by atoms with E-state index in [2.05, 4.69) is 16.0 Å². The number of sulfone groups is 1. The minimum Gasteiger partial charge on any atom is -0.338 e. The molecule has 0 spiro atoms. The van der Waals surface area contributed by atoms with Gasteiger partial charge in [-0.25, -0.2) is 13.2 Å². The molecule has 1 unspecified atom stereocenters. The number of hydrogen-bond acceptors (Lipinski definition) is 4. The van der Waals surface area contributed by atoms with E-state index in [1.54, 1.807) is 0 Å². The molecule has 100 valence electrons. The fourth-order valence-corrected chi connectivity index (χ4v) is 3.01. The average molecular weight is 263 g/mol. The molecule has 0 aromatic heterocycles. The summed E-state index contributed by atoms with van der Waals surface area (Å²) in [4.78, 5) is 11.4. The molecule has 3 N–H and O–H groups in total. The van der Waals surface area contributed by atoms with Crippen LogP contribution in [-0.4, -0.2) is 51.6 Å². The van der Waals surface area contributed by atoms with E-state index < -0.39 is 15.1 Å². The largest absolute Gasteiger partial charge is 0.338 e. The third-order valence-corrected chi connectivity index (χ3v) is 4.73. The van der Waals surface area contributed by atoms with Crippen LogP contribution in [0.3, 0.4) is 0 Å². The van der Waals surface area contributed by atoms with Gasteiger partial charge < -0.3 is 16.0 Å². The Balaban J connectivity index is 2.32. The van der Waals surface area contributed by atoms with E-state index in [1.165, 1.54) is 0 Å². The van der Waals surface area contributed by atoms with Gasteiger partial charge in [0.1, 0.15) is 0 Å². The van der Waals surface area contributed by atoms with Gasteiger partial charge in [-0.3, -0.25) is 0 Å². The Morgan fingerprint density at radius 2 is 2.12 bits per heavy atom. The molecule has 0 bridgehead atoms. The number of carbonyl (C=O) groups excluding carboxylic acids is 1. The molecule has 1 saturated heterocycles. The number of nitrogens with one attached hydrogen (secondary N) is 3. The predicted octanol–water partition coefficient (Wildman–Crippen LogP) is -0.672. The van der Waals surface area contributed by atoms with Crippen LogP contribution in [0.25, 0.3) is 0 Å². The first kappa shape index (κ1) is 14.2. The quantitative estimate of drug-likeness (QED) is 0.627. The maximum absolute atomic E-state index is 11.6. The average Bonchev–Trinajstić information content (AvgIpc) is 2.24. The van der Waals surface area contributed by atoms with Gasteiger partial charge in [0.15, 0.2) is 9.84 Å². The van der Waals surface area contributed by atoms with Crippen molar-refractivity contribution in [2.75, 3.05) is 31.9 Å². The van der Waals surface area contributed by atoms with Crippen molar-refractivity contribution in [3.63, 3.8) is 0 Å². The van der Waals surface area contributed by atoms with Gasteiger partial charge in [-0.05, 0) is 5.92 Å².